The third-order valence-electron chi connectivity index (χ3n) is 5.86. The van der Waals surface area contributed by atoms with E-state index in [4.69, 9.17) is 4.74 Å². The van der Waals surface area contributed by atoms with E-state index in [2.05, 4.69) is 0 Å². The Bertz CT molecular complexity index is 411. The molecule has 0 aromatic carbocycles. The number of ketones is 1. The normalized spacial score (nSPS) is 32.0. The second-order valence-electron chi connectivity index (χ2n) is 7.03. The van der Waals surface area contributed by atoms with Gasteiger partial charge in [0.25, 0.3) is 0 Å². The molecule has 4 heteroatoms. The molecule has 0 spiro atoms. The summed E-state index contributed by atoms with van der Waals surface area (Å²) in [5, 5.41) is 0. The standard InChI is InChI=1S/C17H27NO3/c1-21-17(9-5-10-17)12-16(20)18-11-3-2-7-14(18)13-6-4-8-15(13)19/h13-14H,2-12H2,1H3. The van der Waals surface area contributed by atoms with E-state index in [1.165, 1.54) is 0 Å². The molecule has 3 fully saturated rings. The van der Waals surface area contributed by atoms with Gasteiger partial charge < -0.3 is 9.64 Å². The van der Waals surface area contributed by atoms with Crippen LogP contribution in [0.1, 0.15) is 64.2 Å². The summed E-state index contributed by atoms with van der Waals surface area (Å²) >= 11 is 0. The first kappa shape index (κ1) is 15.0. The molecule has 0 aromatic rings. The molecule has 4 nitrogen and oxygen atoms in total. The smallest absolute Gasteiger partial charge is 0.225 e. The number of carbonyl (C=O) groups excluding carboxylic acids is 2. The maximum atomic E-state index is 12.8. The highest BCUT2D eigenvalue weighted by Crippen LogP contribution is 2.40. The van der Waals surface area contributed by atoms with E-state index in [0.717, 1.165) is 57.9 Å². The molecule has 0 aromatic heterocycles. The van der Waals surface area contributed by atoms with Crippen molar-refractivity contribution in [3.8, 4) is 0 Å². The zero-order valence-electron chi connectivity index (χ0n) is 13.1. The second kappa shape index (κ2) is 6.07. The average molecular weight is 293 g/mol. The molecule has 3 aliphatic rings. The number of piperidine rings is 1. The summed E-state index contributed by atoms with van der Waals surface area (Å²) in [7, 11) is 1.72. The van der Waals surface area contributed by atoms with Crippen molar-refractivity contribution in [2.75, 3.05) is 13.7 Å². The topological polar surface area (TPSA) is 46.6 Å². The van der Waals surface area contributed by atoms with Gasteiger partial charge in [-0.2, -0.15) is 0 Å². The Morgan fingerprint density at radius 3 is 2.62 bits per heavy atom. The molecule has 2 atom stereocenters. The number of hydrogen-bond acceptors (Lipinski definition) is 3. The number of likely N-dealkylation sites (tertiary alicyclic amines) is 1. The highest BCUT2D eigenvalue weighted by molar-refractivity contribution is 5.85. The number of carbonyl (C=O) groups is 2. The highest BCUT2D eigenvalue weighted by atomic mass is 16.5. The third kappa shape index (κ3) is 2.87. The summed E-state index contributed by atoms with van der Waals surface area (Å²) in [6.07, 6.45) is 9.57. The van der Waals surface area contributed by atoms with Crippen LogP contribution >= 0.6 is 0 Å². The molecular formula is C17H27NO3. The van der Waals surface area contributed by atoms with Gasteiger partial charge in [-0.3, -0.25) is 9.59 Å². The molecule has 0 bridgehead atoms. The molecule has 2 unspecified atom stereocenters. The molecule has 1 heterocycles. The number of nitrogens with zero attached hydrogens (tertiary/aromatic N) is 1. The molecule has 1 amide bonds. The van der Waals surface area contributed by atoms with Gasteiger partial charge in [-0.15, -0.1) is 0 Å². The first-order valence-electron chi connectivity index (χ1n) is 8.52. The van der Waals surface area contributed by atoms with Gasteiger partial charge in [0.2, 0.25) is 5.91 Å². The lowest BCUT2D eigenvalue weighted by atomic mass is 9.76. The average Bonchev–Trinajstić information content (AvgIpc) is 2.89. The first-order chi connectivity index (χ1) is 10.2. The minimum absolute atomic E-state index is 0.106. The SMILES string of the molecule is COC1(CC(=O)N2CCCCC2C2CCCC2=O)CCC1. The number of ether oxygens (including phenoxy) is 1. The number of methoxy groups -OCH3 is 1. The van der Waals surface area contributed by atoms with Gasteiger partial charge in [-0.25, -0.2) is 0 Å². The Kier molecular flexibility index (Phi) is 4.34. The molecule has 2 aliphatic carbocycles. The zero-order valence-corrected chi connectivity index (χ0v) is 13.1. The Labute approximate surface area is 127 Å². The Morgan fingerprint density at radius 2 is 2.05 bits per heavy atom. The number of amides is 1. The molecule has 2 saturated carbocycles. The quantitative estimate of drug-likeness (QED) is 0.800. The molecule has 1 aliphatic heterocycles. The minimum atomic E-state index is -0.210. The summed E-state index contributed by atoms with van der Waals surface area (Å²) in [6, 6.07) is 0.162. The van der Waals surface area contributed by atoms with Crippen LogP contribution in [-0.4, -0.2) is 41.9 Å². The first-order valence-corrected chi connectivity index (χ1v) is 8.52. The fourth-order valence-electron chi connectivity index (χ4n) is 4.34. The lowest BCUT2D eigenvalue weighted by molar-refractivity contribution is -0.149. The van der Waals surface area contributed by atoms with E-state index in [1.54, 1.807) is 7.11 Å². The Hall–Kier alpha value is -0.900. The minimum Gasteiger partial charge on any atom is -0.378 e. The van der Waals surface area contributed by atoms with Crippen molar-refractivity contribution in [2.24, 2.45) is 5.92 Å². The van der Waals surface area contributed by atoms with Crippen LogP contribution in [-0.2, 0) is 14.3 Å². The number of Topliss-reactive ketones (excluding diaryl/α,β-unsaturated/α-hetero) is 1. The van der Waals surface area contributed by atoms with Crippen molar-refractivity contribution in [3.63, 3.8) is 0 Å². The fourth-order valence-corrected chi connectivity index (χ4v) is 4.34. The number of hydrogen-bond donors (Lipinski definition) is 0. The van der Waals surface area contributed by atoms with Gasteiger partial charge in [0.05, 0.1) is 12.0 Å². The van der Waals surface area contributed by atoms with Gasteiger partial charge in [-0.1, -0.05) is 0 Å². The van der Waals surface area contributed by atoms with Crippen molar-refractivity contribution in [3.05, 3.63) is 0 Å². The largest absolute Gasteiger partial charge is 0.378 e. The van der Waals surface area contributed by atoms with Crippen LogP contribution in [0.15, 0.2) is 0 Å². The summed E-state index contributed by atoms with van der Waals surface area (Å²) in [4.78, 5) is 26.9. The van der Waals surface area contributed by atoms with Crippen molar-refractivity contribution in [1.82, 2.24) is 4.90 Å². The van der Waals surface area contributed by atoms with Gasteiger partial charge in [0, 0.05) is 32.0 Å². The van der Waals surface area contributed by atoms with E-state index >= 15 is 0 Å². The van der Waals surface area contributed by atoms with Crippen molar-refractivity contribution in [2.45, 2.75) is 75.9 Å². The van der Waals surface area contributed by atoms with Crippen LogP contribution in [0.25, 0.3) is 0 Å². The van der Waals surface area contributed by atoms with Gasteiger partial charge >= 0.3 is 0 Å². The summed E-state index contributed by atoms with van der Waals surface area (Å²) in [5.74, 6) is 0.694. The molecule has 118 valence electrons. The fraction of sp³-hybridized carbons (Fsp3) is 0.882. The molecule has 0 N–H and O–H groups in total. The Balaban J connectivity index is 1.68. The molecule has 0 radical (unpaired) electrons. The van der Waals surface area contributed by atoms with E-state index in [9.17, 15) is 9.59 Å². The molecule has 21 heavy (non-hydrogen) atoms. The van der Waals surface area contributed by atoms with Gasteiger partial charge in [0.15, 0.2) is 0 Å². The predicted molar refractivity (Wildman–Crippen MR) is 79.9 cm³/mol. The maximum Gasteiger partial charge on any atom is 0.225 e. The van der Waals surface area contributed by atoms with Crippen molar-refractivity contribution in [1.29, 1.82) is 0 Å². The zero-order chi connectivity index (χ0) is 14.9. The van der Waals surface area contributed by atoms with E-state index in [0.29, 0.717) is 18.6 Å². The van der Waals surface area contributed by atoms with Crippen LogP contribution in [0.5, 0.6) is 0 Å². The summed E-state index contributed by atoms with van der Waals surface area (Å²) < 4.78 is 5.60. The monoisotopic (exact) mass is 293 g/mol. The highest BCUT2D eigenvalue weighted by Gasteiger charge is 2.43. The molecule has 3 rings (SSSR count). The van der Waals surface area contributed by atoms with E-state index < -0.39 is 0 Å². The van der Waals surface area contributed by atoms with E-state index in [1.807, 2.05) is 4.90 Å². The maximum absolute atomic E-state index is 12.8. The van der Waals surface area contributed by atoms with Crippen LogP contribution in [0.4, 0.5) is 0 Å². The second-order valence-corrected chi connectivity index (χ2v) is 7.03. The summed E-state index contributed by atoms with van der Waals surface area (Å²) in [5.41, 5.74) is -0.210. The lowest BCUT2D eigenvalue weighted by Crippen LogP contribution is -2.52. The Morgan fingerprint density at radius 1 is 1.24 bits per heavy atom. The molecule has 1 saturated heterocycles. The van der Waals surface area contributed by atoms with Crippen LogP contribution in [0.3, 0.4) is 0 Å². The van der Waals surface area contributed by atoms with E-state index in [-0.39, 0.29) is 23.5 Å². The third-order valence-corrected chi connectivity index (χ3v) is 5.86. The van der Waals surface area contributed by atoms with Crippen LogP contribution < -0.4 is 0 Å². The number of rotatable bonds is 4. The lowest BCUT2D eigenvalue weighted by Gasteiger charge is -2.44. The van der Waals surface area contributed by atoms with Crippen molar-refractivity contribution < 1.29 is 14.3 Å². The van der Waals surface area contributed by atoms with Crippen LogP contribution in [0, 0.1) is 5.92 Å². The van der Waals surface area contributed by atoms with Gasteiger partial charge in [0.1, 0.15) is 5.78 Å². The predicted octanol–water partition coefficient (Wildman–Crippen LogP) is 2.70. The summed E-state index contributed by atoms with van der Waals surface area (Å²) in [6.45, 7) is 0.826. The van der Waals surface area contributed by atoms with Crippen molar-refractivity contribution >= 4 is 11.7 Å². The van der Waals surface area contributed by atoms with Gasteiger partial charge in [-0.05, 0) is 51.4 Å². The van der Waals surface area contributed by atoms with Crippen LogP contribution in [0.2, 0.25) is 0 Å². The molecular weight excluding hydrogens is 266 g/mol.